The molecular weight excluding hydrogens is 440 g/mol. The summed E-state index contributed by atoms with van der Waals surface area (Å²) in [5.74, 6) is 0.918. The van der Waals surface area contributed by atoms with Gasteiger partial charge in [-0.05, 0) is 30.7 Å². The molecule has 0 aliphatic heterocycles. The Kier molecular flexibility index (Phi) is 6.07. The van der Waals surface area contributed by atoms with Crippen LogP contribution in [0.15, 0.2) is 50.8 Å². The second-order valence-corrected chi connectivity index (χ2v) is 7.40. The zero-order valence-electron chi connectivity index (χ0n) is 16.1. The van der Waals surface area contributed by atoms with Crippen molar-refractivity contribution in [2.75, 3.05) is 7.11 Å². The van der Waals surface area contributed by atoms with Crippen LogP contribution in [0.3, 0.4) is 0 Å². The van der Waals surface area contributed by atoms with Crippen LogP contribution in [0.2, 0.25) is 0 Å². The minimum absolute atomic E-state index is 0.0140. The summed E-state index contributed by atoms with van der Waals surface area (Å²) in [5.41, 5.74) is 0.570. The number of benzene rings is 2. The normalized spacial score (nSPS) is 12.4. The molecule has 150 valence electrons. The van der Waals surface area contributed by atoms with Gasteiger partial charge in [0.15, 0.2) is 0 Å². The average molecular weight is 459 g/mol. The van der Waals surface area contributed by atoms with Crippen molar-refractivity contribution in [3.63, 3.8) is 0 Å². The number of halogens is 1. The van der Waals surface area contributed by atoms with Crippen molar-refractivity contribution in [1.82, 2.24) is 9.66 Å². The largest absolute Gasteiger partial charge is 0.496 e. The number of non-ortho nitro benzene ring substituents is 1. The first kappa shape index (κ1) is 20.7. The van der Waals surface area contributed by atoms with Crippen LogP contribution in [0, 0.1) is 10.1 Å². The Morgan fingerprint density at radius 3 is 2.76 bits per heavy atom. The third kappa shape index (κ3) is 4.19. The van der Waals surface area contributed by atoms with Crippen molar-refractivity contribution < 1.29 is 9.66 Å². The topological polar surface area (TPSA) is 99.6 Å². The molecular formula is C20H19BrN4O4. The summed E-state index contributed by atoms with van der Waals surface area (Å²) in [6.07, 6.45) is 2.15. The molecule has 0 bridgehead atoms. The van der Waals surface area contributed by atoms with E-state index in [4.69, 9.17) is 4.74 Å². The summed E-state index contributed by atoms with van der Waals surface area (Å²) >= 11 is 3.37. The van der Waals surface area contributed by atoms with E-state index in [0.29, 0.717) is 28.0 Å². The lowest BCUT2D eigenvalue weighted by atomic mass is 10.1. The molecule has 0 fully saturated rings. The Hall–Kier alpha value is -3.07. The summed E-state index contributed by atoms with van der Waals surface area (Å²) in [6.45, 7) is 3.96. The highest BCUT2D eigenvalue weighted by molar-refractivity contribution is 9.10. The number of fused-ring (bicyclic) bond motifs is 1. The molecule has 0 N–H and O–H groups in total. The number of methoxy groups -OCH3 is 1. The van der Waals surface area contributed by atoms with Crippen LogP contribution in [0.25, 0.3) is 10.9 Å². The number of hydrogen-bond donors (Lipinski definition) is 0. The molecule has 0 amide bonds. The third-order valence-electron chi connectivity index (χ3n) is 4.62. The van der Waals surface area contributed by atoms with Gasteiger partial charge >= 0.3 is 0 Å². The minimum Gasteiger partial charge on any atom is -0.496 e. The van der Waals surface area contributed by atoms with E-state index in [2.05, 4.69) is 26.0 Å². The first-order valence-electron chi connectivity index (χ1n) is 8.94. The number of ether oxygens (including phenoxy) is 1. The minimum atomic E-state index is -0.497. The molecule has 2 aromatic carbocycles. The van der Waals surface area contributed by atoms with Gasteiger partial charge in [0, 0.05) is 28.1 Å². The lowest BCUT2D eigenvalue weighted by Gasteiger charge is -2.14. The zero-order chi connectivity index (χ0) is 21.1. The van der Waals surface area contributed by atoms with Crippen LogP contribution < -0.4 is 10.3 Å². The van der Waals surface area contributed by atoms with Crippen LogP contribution >= 0.6 is 15.9 Å². The summed E-state index contributed by atoms with van der Waals surface area (Å²) < 4.78 is 7.27. The number of aromatic nitrogens is 2. The fourth-order valence-corrected chi connectivity index (χ4v) is 3.20. The summed E-state index contributed by atoms with van der Waals surface area (Å²) in [6, 6.07) is 9.50. The Morgan fingerprint density at radius 2 is 2.10 bits per heavy atom. The van der Waals surface area contributed by atoms with Gasteiger partial charge < -0.3 is 4.74 Å². The van der Waals surface area contributed by atoms with Gasteiger partial charge in [-0.25, -0.2) is 4.98 Å². The maximum Gasteiger partial charge on any atom is 0.282 e. The van der Waals surface area contributed by atoms with Crippen molar-refractivity contribution in [3.05, 3.63) is 72.7 Å². The van der Waals surface area contributed by atoms with Gasteiger partial charge in [0.05, 0.1) is 29.2 Å². The monoisotopic (exact) mass is 458 g/mol. The molecule has 1 atom stereocenters. The highest BCUT2D eigenvalue weighted by atomic mass is 79.9. The smallest absolute Gasteiger partial charge is 0.282 e. The summed E-state index contributed by atoms with van der Waals surface area (Å²) in [7, 11) is 1.46. The maximum atomic E-state index is 13.1. The molecule has 0 saturated carbocycles. The van der Waals surface area contributed by atoms with E-state index in [9.17, 15) is 14.9 Å². The van der Waals surface area contributed by atoms with Crippen LogP contribution in [-0.2, 0) is 0 Å². The maximum absolute atomic E-state index is 13.1. The van der Waals surface area contributed by atoms with Crippen LogP contribution in [0.5, 0.6) is 5.75 Å². The molecule has 0 saturated heterocycles. The molecule has 0 aliphatic carbocycles. The lowest BCUT2D eigenvalue weighted by molar-refractivity contribution is -0.384. The Bertz CT molecular complexity index is 1170. The van der Waals surface area contributed by atoms with Crippen molar-refractivity contribution in [2.24, 2.45) is 5.10 Å². The van der Waals surface area contributed by atoms with Gasteiger partial charge in [0.25, 0.3) is 11.2 Å². The highest BCUT2D eigenvalue weighted by Crippen LogP contribution is 2.24. The highest BCUT2D eigenvalue weighted by Gasteiger charge is 2.16. The van der Waals surface area contributed by atoms with Crippen LogP contribution in [-0.4, -0.2) is 27.9 Å². The lowest BCUT2D eigenvalue weighted by Crippen LogP contribution is -2.23. The predicted molar refractivity (Wildman–Crippen MR) is 115 cm³/mol. The van der Waals surface area contributed by atoms with Crippen molar-refractivity contribution in [3.8, 4) is 5.75 Å². The Labute approximate surface area is 175 Å². The first-order valence-corrected chi connectivity index (χ1v) is 9.74. The predicted octanol–water partition coefficient (Wildman–Crippen LogP) is 4.47. The SMILES string of the molecule is CC[C@@H](C)c1nc2ccc(Br)cc2c(=O)n1N=Cc1cc([N+](=O)[O-])ccc1OC. The number of nitro benzene ring substituents is 1. The molecule has 0 aliphatic rings. The number of rotatable bonds is 6. The van der Waals surface area contributed by atoms with E-state index in [1.54, 1.807) is 12.1 Å². The second-order valence-electron chi connectivity index (χ2n) is 6.49. The van der Waals surface area contributed by atoms with Crippen molar-refractivity contribution in [2.45, 2.75) is 26.2 Å². The average Bonchev–Trinajstić information content (AvgIpc) is 2.72. The van der Waals surface area contributed by atoms with E-state index in [1.807, 2.05) is 19.9 Å². The van der Waals surface area contributed by atoms with Crippen LogP contribution in [0.1, 0.15) is 37.6 Å². The fourth-order valence-electron chi connectivity index (χ4n) is 2.84. The number of nitrogens with zero attached hydrogens (tertiary/aromatic N) is 4. The van der Waals surface area contributed by atoms with Gasteiger partial charge in [0.2, 0.25) is 0 Å². The van der Waals surface area contributed by atoms with E-state index in [1.165, 1.54) is 36.2 Å². The van der Waals surface area contributed by atoms with E-state index in [-0.39, 0.29) is 17.2 Å². The molecule has 9 heteroatoms. The van der Waals surface area contributed by atoms with Crippen molar-refractivity contribution >= 4 is 38.7 Å². The Balaban J connectivity index is 2.21. The van der Waals surface area contributed by atoms with Crippen molar-refractivity contribution in [1.29, 1.82) is 0 Å². The first-order chi connectivity index (χ1) is 13.8. The number of hydrogen-bond acceptors (Lipinski definition) is 6. The standard InChI is InChI=1S/C20H19BrN4O4/c1-4-12(2)19-23-17-7-5-14(21)10-16(17)20(26)24(19)22-11-13-9-15(25(27)28)6-8-18(13)29-3/h5-12H,4H2,1-3H3/t12-/m1/s1. The molecule has 0 radical (unpaired) electrons. The molecule has 0 spiro atoms. The molecule has 8 nitrogen and oxygen atoms in total. The summed E-state index contributed by atoms with van der Waals surface area (Å²) in [5, 5.41) is 15.9. The van der Waals surface area contributed by atoms with Gasteiger partial charge in [-0.3, -0.25) is 14.9 Å². The number of nitro groups is 1. The van der Waals surface area contributed by atoms with E-state index in [0.717, 1.165) is 10.9 Å². The van der Waals surface area contributed by atoms with Gasteiger partial charge in [-0.2, -0.15) is 9.78 Å². The fraction of sp³-hybridized carbons (Fsp3) is 0.250. The second kappa shape index (κ2) is 8.52. The Morgan fingerprint density at radius 1 is 1.34 bits per heavy atom. The molecule has 1 aromatic heterocycles. The van der Waals surface area contributed by atoms with Gasteiger partial charge in [0.1, 0.15) is 11.6 Å². The molecule has 0 unspecified atom stereocenters. The third-order valence-corrected chi connectivity index (χ3v) is 5.12. The zero-order valence-corrected chi connectivity index (χ0v) is 17.7. The van der Waals surface area contributed by atoms with Gasteiger partial charge in [-0.15, -0.1) is 0 Å². The molecule has 1 heterocycles. The van der Waals surface area contributed by atoms with E-state index < -0.39 is 4.92 Å². The quantitative estimate of drug-likeness (QED) is 0.308. The molecule has 29 heavy (non-hydrogen) atoms. The molecule has 3 rings (SSSR count). The van der Waals surface area contributed by atoms with E-state index >= 15 is 0 Å². The van der Waals surface area contributed by atoms with Gasteiger partial charge in [-0.1, -0.05) is 29.8 Å². The van der Waals surface area contributed by atoms with Crippen LogP contribution in [0.4, 0.5) is 5.69 Å². The summed E-state index contributed by atoms with van der Waals surface area (Å²) in [4.78, 5) is 28.4. The molecule has 3 aromatic rings.